The third kappa shape index (κ3) is 3.41. The molecule has 0 aliphatic carbocycles. The van der Waals surface area contributed by atoms with Gasteiger partial charge in [-0.3, -0.25) is 0 Å². The Bertz CT molecular complexity index is 400. The number of rotatable bonds is 4. The quantitative estimate of drug-likeness (QED) is 0.905. The van der Waals surface area contributed by atoms with Gasteiger partial charge in [0.1, 0.15) is 0 Å². The molecular weight excluding hydrogens is 253 g/mol. The van der Waals surface area contributed by atoms with Crippen molar-refractivity contribution >= 4 is 5.69 Å². The molecule has 0 spiro atoms. The second-order valence-electron chi connectivity index (χ2n) is 4.84. The van der Waals surface area contributed by atoms with E-state index in [1.54, 1.807) is 12.1 Å². The maximum atomic E-state index is 12.5. The van der Waals surface area contributed by atoms with E-state index in [0.29, 0.717) is 6.04 Å². The molecule has 0 amide bonds. The highest BCUT2D eigenvalue weighted by molar-refractivity contribution is 5.50. The molecule has 1 atom stereocenters. The van der Waals surface area contributed by atoms with Gasteiger partial charge in [0.2, 0.25) is 0 Å². The lowest BCUT2D eigenvalue weighted by Gasteiger charge is -2.27. The molecule has 0 aromatic heterocycles. The number of nitrogens with one attached hydrogen (secondary N) is 1. The molecule has 0 bridgehead atoms. The summed E-state index contributed by atoms with van der Waals surface area (Å²) in [6.45, 7) is 4.77. The van der Waals surface area contributed by atoms with Gasteiger partial charge >= 0.3 is 6.18 Å². The summed E-state index contributed by atoms with van der Waals surface area (Å²) in [7, 11) is 0. The van der Waals surface area contributed by atoms with Gasteiger partial charge in [0.15, 0.2) is 0 Å². The van der Waals surface area contributed by atoms with Gasteiger partial charge in [-0.2, -0.15) is 13.2 Å². The van der Waals surface area contributed by atoms with E-state index in [1.165, 1.54) is 0 Å². The average Bonchev–Trinajstić information content (AvgIpc) is 2.83. The highest BCUT2D eigenvalue weighted by Gasteiger charge is 2.31. The Labute approximate surface area is 111 Å². The molecule has 106 valence electrons. The van der Waals surface area contributed by atoms with Crippen LogP contribution in [0.15, 0.2) is 24.3 Å². The summed E-state index contributed by atoms with van der Waals surface area (Å²) in [5, 5.41) is 3.30. The molecule has 2 nitrogen and oxygen atoms in total. The fraction of sp³-hybridized carbons (Fsp3) is 0.571. The predicted octanol–water partition coefficient (Wildman–Crippen LogP) is 3.28. The summed E-state index contributed by atoms with van der Waals surface area (Å²) in [5.41, 5.74) is 0.298. The van der Waals surface area contributed by atoms with E-state index in [9.17, 15) is 13.2 Å². The van der Waals surface area contributed by atoms with Crippen molar-refractivity contribution in [2.75, 3.05) is 24.5 Å². The first kappa shape index (κ1) is 14.2. The number of hydrogen-bond donors (Lipinski definition) is 1. The van der Waals surface area contributed by atoms with Gasteiger partial charge in [-0.05, 0) is 43.7 Å². The third-order valence-corrected chi connectivity index (χ3v) is 3.53. The van der Waals surface area contributed by atoms with Gasteiger partial charge in [-0.25, -0.2) is 0 Å². The van der Waals surface area contributed by atoms with Crippen LogP contribution >= 0.6 is 0 Å². The number of likely N-dealkylation sites (N-methyl/N-ethyl adjacent to an activating group) is 1. The Morgan fingerprint density at radius 1 is 1.26 bits per heavy atom. The van der Waals surface area contributed by atoms with Crippen molar-refractivity contribution in [1.29, 1.82) is 0 Å². The van der Waals surface area contributed by atoms with Crippen LogP contribution in [-0.4, -0.2) is 25.7 Å². The van der Waals surface area contributed by atoms with Crippen molar-refractivity contribution in [2.45, 2.75) is 32.0 Å². The van der Waals surface area contributed by atoms with Crippen LogP contribution in [0.25, 0.3) is 0 Å². The number of alkyl halides is 3. The first-order chi connectivity index (χ1) is 9.02. The molecule has 1 aromatic carbocycles. The molecule has 1 aliphatic heterocycles. The molecule has 1 saturated heterocycles. The minimum Gasteiger partial charge on any atom is -0.367 e. The topological polar surface area (TPSA) is 15.3 Å². The fourth-order valence-electron chi connectivity index (χ4n) is 2.54. The molecular formula is C14H19F3N2. The summed E-state index contributed by atoms with van der Waals surface area (Å²) in [6, 6.07) is 5.87. The predicted molar refractivity (Wildman–Crippen MR) is 70.4 cm³/mol. The van der Waals surface area contributed by atoms with Crippen LogP contribution in [0.4, 0.5) is 18.9 Å². The summed E-state index contributed by atoms with van der Waals surface area (Å²) < 4.78 is 37.5. The average molecular weight is 272 g/mol. The SMILES string of the molecule is CCNCC1CCCN1c1ccc(C(F)(F)F)cc1. The van der Waals surface area contributed by atoms with Gasteiger partial charge in [-0.15, -0.1) is 0 Å². The van der Waals surface area contributed by atoms with E-state index >= 15 is 0 Å². The Kier molecular flexibility index (Phi) is 4.34. The van der Waals surface area contributed by atoms with E-state index < -0.39 is 11.7 Å². The maximum Gasteiger partial charge on any atom is 0.416 e. The van der Waals surface area contributed by atoms with Crippen molar-refractivity contribution in [3.63, 3.8) is 0 Å². The monoisotopic (exact) mass is 272 g/mol. The zero-order valence-electron chi connectivity index (χ0n) is 11.0. The molecule has 0 saturated carbocycles. The standard InChI is InChI=1S/C14H19F3N2/c1-2-18-10-13-4-3-9-19(13)12-7-5-11(6-8-12)14(15,16)17/h5-8,13,18H,2-4,9-10H2,1H3. The van der Waals surface area contributed by atoms with Crippen LogP contribution < -0.4 is 10.2 Å². The Morgan fingerprint density at radius 2 is 1.95 bits per heavy atom. The van der Waals surface area contributed by atoms with Gasteiger partial charge in [0, 0.05) is 24.8 Å². The second-order valence-corrected chi connectivity index (χ2v) is 4.84. The van der Waals surface area contributed by atoms with E-state index in [2.05, 4.69) is 17.1 Å². The first-order valence-electron chi connectivity index (χ1n) is 6.67. The Hall–Kier alpha value is -1.23. The molecule has 19 heavy (non-hydrogen) atoms. The van der Waals surface area contributed by atoms with Gasteiger partial charge in [0.05, 0.1) is 5.56 Å². The molecule has 1 aromatic rings. The van der Waals surface area contributed by atoms with Crippen molar-refractivity contribution in [1.82, 2.24) is 5.32 Å². The normalized spacial score (nSPS) is 20.0. The lowest BCUT2D eigenvalue weighted by atomic mass is 10.1. The Morgan fingerprint density at radius 3 is 2.53 bits per heavy atom. The van der Waals surface area contributed by atoms with E-state index in [-0.39, 0.29) is 0 Å². The Balaban J connectivity index is 2.08. The summed E-state index contributed by atoms with van der Waals surface area (Å²) in [5.74, 6) is 0. The van der Waals surface area contributed by atoms with Gasteiger partial charge in [0.25, 0.3) is 0 Å². The number of halogens is 3. The fourth-order valence-corrected chi connectivity index (χ4v) is 2.54. The van der Waals surface area contributed by atoms with E-state index in [0.717, 1.165) is 50.3 Å². The first-order valence-corrected chi connectivity index (χ1v) is 6.67. The minimum absolute atomic E-state index is 0.386. The molecule has 1 heterocycles. The largest absolute Gasteiger partial charge is 0.416 e. The smallest absolute Gasteiger partial charge is 0.367 e. The van der Waals surface area contributed by atoms with Crippen LogP contribution in [0.2, 0.25) is 0 Å². The van der Waals surface area contributed by atoms with E-state index in [1.807, 2.05) is 0 Å². The van der Waals surface area contributed by atoms with Gasteiger partial charge < -0.3 is 10.2 Å². The van der Waals surface area contributed by atoms with Crippen molar-refractivity contribution in [3.05, 3.63) is 29.8 Å². The molecule has 0 radical (unpaired) electrons. The molecule has 1 aliphatic rings. The highest BCUT2D eigenvalue weighted by Crippen LogP contribution is 2.32. The van der Waals surface area contributed by atoms with Crippen molar-refractivity contribution < 1.29 is 13.2 Å². The minimum atomic E-state index is -4.26. The molecule has 2 rings (SSSR count). The lowest BCUT2D eigenvalue weighted by molar-refractivity contribution is -0.137. The van der Waals surface area contributed by atoms with Crippen LogP contribution in [0.5, 0.6) is 0 Å². The number of benzene rings is 1. The van der Waals surface area contributed by atoms with Crippen LogP contribution in [-0.2, 0) is 6.18 Å². The van der Waals surface area contributed by atoms with Crippen molar-refractivity contribution in [2.24, 2.45) is 0 Å². The lowest BCUT2D eigenvalue weighted by Crippen LogP contribution is -2.37. The molecule has 5 heteroatoms. The van der Waals surface area contributed by atoms with Crippen molar-refractivity contribution in [3.8, 4) is 0 Å². The molecule has 1 N–H and O–H groups in total. The number of anilines is 1. The maximum absolute atomic E-state index is 12.5. The molecule has 1 unspecified atom stereocenters. The number of hydrogen-bond acceptors (Lipinski definition) is 2. The summed E-state index contributed by atoms with van der Waals surface area (Å²) in [6.07, 6.45) is -2.07. The van der Waals surface area contributed by atoms with Gasteiger partial charge in [-0.1, -0.05) is 6.92 Å². The second kappa shape index (κ2) is 5.82. The zero-order valence-corrected chi connectivity index (χ0v) is 11.0. The highest BCUT2D eigenvalue weighted by atomic mass is 19.4. The van der Waals surface area contributed by atoms with Crippen LogP contribution in [0.1, 0.15) is 25.3 Å². The van der Waals surface area contributed by atoms with Crippen LogP contribution in [0.3, 0.4) is 0 Å². The number of nitrogens with zero attached hydrogens (tertiary/aromatic N) is 1. The summed E-state index contributed by atoms with van der Waals surface area (Å²) >= 11 is 0. The summed E-state index contributed by atoms with van der Waals surface area (Å²) in [4.78, 5) is 2.20. The zero-order chi connectivity index (χ0) is 13.9. The molecule has 1 fully saturated rings. The van der Waals surface area contributed by atoms with E-state index in [4.69, 9.17) is 0 Å². The van der Waals surface area contributed by atoms with Crippen LogP contribution in [0, 0.1) is 0 Å². The third-order valence-electron chi connectivity index (χ3n) is 3.53.